The number of hydrogen-bond acceptors (Lipinski definition) is 7. The van der Waals surface area contributed by atoms with Crippen LogP contribution in [-0.2, 0) is 22.1 Å². The van der Waals surface area contributed by atoms with Gasteiger partial charge >= 0.3 is 0 Å². The van der Waals surface area contributed by atoms with Gasteiger partial charge in [-0.25, -0.2) is 13.4 Å². The molecule has 2 aromatic carbocycles. The van der Waals surface area contributed by atoms with Gasteiger partial charge in [0.15, 0.2) is 9.84 Å². The molecule has 0 saturated carbocycles. The summed E-state index contributed by atoms with van der Waals surface area (Å²) in [4.78, 5) is 23.1. The Morgan fingerprint density at radius 1 is 1.06 bits per heavy atom. The minimum absolute atomic E-state index is 0.195. The van der Waals surface area contributed by atoms with E-state index in [2.05, 4.69) is 40.1 Å². The Kier molecular flexibility index (Phi) is 6.59. The molecule has 0 radical (unpaired) electrons. The van der Waals surface area contributed by atoms with Crippen LogP contribution in [0.15, 0.2) is 69.7 Å². The summed E-state index contributed by atoms with van der Waals surface area (Å²) < 4.78 is 25.4. The number of hydrogen-bond donors (Lipinski definition) is 2. The number of aromatic amines is 1. The number of benzene rings is 2. The van der Waals surface area contributed by atoms with E-state index in [1.165, 1.54) is 11.3 Å². The molecule has 35 heavy (non-hydrogen) atoms. The minimum Gasteiger partial charge on any atom is -0.321 e. The molecule has 2 N–H and O–H groups in total. The Morgan fingerprint density at radius 2 is 1.80 bits per heavy atom. The van der Waals surface area contributed by atoms with Crippen molar-refractivity contribution >= 4 is 32.1 Å². The molecule has 1 aliphatic rings. The molecule has 182 valence electrons. The molecule has 0 bridgehead atoms. The number of H-pyrrole nitrogens is 1. The van der Waals surface area contributed by atoms with Crippen LogP contribution in [0.5, 0.6) is 0 Å². The zero-order chi connectivity index (χ0) is 24.6. The van der Waals surface area contributed by atoms with Gasteiger partial charge in [0.25, 0.3) is 5.56 Å². The van der Waals surface area contributed by atoms with Crippen molar-refractivity contribution in [1.29, 1.82) is 0 Å². The van der Waals surface area contributed by atoms with Gasteiger partial charge in [0.1, 0.15) is 10.8 Å². The van der Waals surface area contributed by atoms with Crippen LogP contribution in [0.1, 0.15) is 24.4 Å². The highest BCUT2D eigenvalue weighted by Crippen LogP contribution is 2.25. The average molecular weight is 509 g/mol. The lowest BCUT2D eigenvalue weighted by molar-refractivity contribution is 0.166. The van der Waals surface area contributed by atoms with E-state index < -0.39 is 9.84 Å². The van der Waals surface area contributed by atoms with Crippen LogP contribution in [0.3, 0.4) is 0 Å². The molecule has 4 aromatic rings. The number of fused-ring (bicyclic) bond motifs is 1. The predicted octanol–water partition coefficient (Wildman–Crippen LogP) is 3.81. The second kappa shape index (κ2) is 9.66. The number of sulfone groups is 1. The highest BCUT2D eigenvalue weighted by atomic mass is 32.2. The van der Waals surface area contributed by atoms with Crippen LogP contribution in [-0.4, -0.2) is 48.5 Å². The molecule has 3 heterocycles. The van der Waals surface area contributed by atoms with Crippen molar-refractivity contribution in [2.24, 2.45) is 0 Å². The molecule has 0 spiro atoms. The first-order valence-electron chi connectivity index (χ1n) is 11.6. The Hall–Kier alpha value is -2.85. The molecule has 1 fully saturated rings. The summed E-state index contributed by atoms with van der Waals surface area (Å²) in [5.41, 5.74) is 2.64. The summed E-state index contributed by atoms with van der Waals surface area (Å²) in [5.74, 6) is -0.195. The molecule has 0 aliphatic carbocycles. The van der Waals surface area contributed by atoms with E-state index >= 15 is 0 Å². The third-order valence-corrected chi connectivity index (χ3v) is 8.87. The van der Waals surface area contributed by atoms with Crippen molar-refractivity contribution in [1.82, 2.24) is 20.2 Å². The number of nitrogens with zero attached hydrogens (tertiary/aromatic N) is 2. The predicted molar refractivity (Wildman–Crippen MR) is 140 cm³/mol. The zero-order valence-corrected chi connectivity index (χ0v) is 21.3. The Labute approximate surface area is 208 Å². The molecule has 0 amide bonds. The molecule has 9 heteroatoms. The van der Waals surface area contributed by atoms with Gasteiger partial charge < -0.3 is 10.3 Å². The van der Waals surface area contributed by atoms with Gasteiger partial charge in [0, 0.05) is 42.6 Å². The first-order chi connectivity index (χ1) is 16.8. The third-order valence-electron chi connectivity index (χ3n) is 6.19. The van der Waals surface area contributed by atoms with Gasteiger partial charge in [-0.05, 0) is 49.1 Å². The summed E-state index contributed by atoms with van der Waals surface area (Å²) in [6, 6.07) is 17.2. The van der Waals surface area contributed by atoms with Crippen LogP contribution >= 0.6 is 11.3 Å². The second-order valence-corrected chi connectivity index (χ2v) is 12.2. The second-order valence-electron chi connectivity index (χ2n) is 9.30. The Bertz CT molecular complexity index is 1500. The van der Waals surface area contributed by atoms with E-state index in [0.717, 1.165) is 36.1 Å². The van der Waals surface area contributed by atoms with E-state index in [1.807, 2.05) is 18.2 Å². The van der Waals surface area contributed by atoms with Crippen LogP contribution in [0.25, 0.3) is 22.2 Å². The van der Waals surface area contributed by atoms with Crippen LogP contribution in [0.4, 0.5) is 0 Å². The molecule has 2 unspecified atom stereocenters. The lowest BCUT2D eigenvalue weighted by atomic mass is 10.1. The normalized spacial score (nSPS) is 19.3. The molecule has 1 aliphatic heterocycles. The van der Waals surface area contributed by atoms with Crippen LogP contribution < -0.4 is 10.9 Å². The smallest absolute Gasteiger partial charge is 0.257 e. The first kappa shape index (κ1) is 23.9. The van der Waals surface area contributed by atoms with Gasteiger partial charge in [-0.2, -0.15) is 0 Å². The number of rotatable bonds is 6. The quantitative estimate of drug-likeness (QED) is 0.411. The van der Waals surface area contributed by atoms with Gasteiger partial charge in [0.2, 0.25) is 0 Å². The van der Waals surface area contributed by atoms with E-state index in [0.29, 0.717) is 28.3 Å². The lowest BCUT2D eigenvalue weighted by Gasteiger charge is -2.36. The summed E-state index contributed by atoms with van der Waals surface area (Å²) in [7, 11) is -3.50. The Morgan fingerprint density at radius 3 is 2.54 bits per heavy atom. The topological polar surface area (TPSA) is 95.2 Å². The number of nitrogens with one attached hydrogen (secondary N) is 2. The maximum atomic E-state index is 12.9. The number of aromatic nitrogens is 2. The molecular weight excluding hydrogens is 480 g/mol. The number of thiazole rings is 1. The van der Waals surface area contributed by atoms with E-state index in [9.17, 15) is 13.2 Å². The summed E-state index contributed by atoms with van der Waals surface area (Å²) in [6.45, 7) is 7.21. The van der Waals surface area contributed by atoms with E-state index in [4.69, 9.17) is 0 Å². The van der Waals surface area contributed by atoms with Crippen molar-refractivity contribution in [2.45, 2.75) is 43.1 Å². The SMILES string of the molecule is CC1CN(Cc2ccc3cc(-c4csc(CS(=O)(=O)c5ccccc5)n4)c(=O)[nH]c3c2)CC(C)N1. The van der Waals surface area contributed by atoms with Crippen molar-refractivity contribution in [3.05, 3.63) is 80.9 Å². The number of pyridine rings is 1. The summed E-state index contributed by atoms with van der Waals surface area (Å²) in [6.07, 6.45) is 0. The maximum Gasteiger partial charge on any atom is 0.257 e. The monoisotopic (exact) mass is 508 g/mol. The number of piperazine rings is 1. The zero-order valence-electron chi connectivity index (χ0n) is 19.7. The summed E-state index contributed by atoms with van der Waals surface area (Å²) in [5, 5.41) is 6.66. The molecular formula is C26H28N4O3S2. The van der Waals surface area contributed by atoms with Crippen molar-refractivity contribution in [3.63, 3.8) is 0 Å². The fourth-order valence-corrected chi connectivity index (χ4v) is 7.18. The summed E-state index contributed by atoms with van der Waals surface area (Å²) >= 11 is 1.25. The first-order valence-corrected chi connectivity index (χ1v) is 14.2. The highest BCUT2D eigenvalue weighted by Gasteiger charge is 2.21. The molecule has 2 aromatic heterocycles. The molecule has 7 nitrogen and oxygen atoms in total. The van der Waals surface area contributed by atoms with Crippen molar-refractivity contribution in [3.8, 4) is 11.3 Å². The minimum atomic E-state index is -3.50. The lowest BCUT2D eigenvalue weighted by Crippen LogP contribution is -2.53. The molecule has 5 rings (SSSR count). The van der Waals surface area contributed by atoms with Crippen LogP contribution in [0.2, 0.25) is 0 Å². The van der Waals surface area contributed by atoms with E-state index in [-0.39, 0.29) is 16.2 Å². The largest absolute Gasteiger partial charge is 0.321 e. The molecule has 1 saturated heterocycles. The van der Waals surface area contributed by atoms with Crippen molar-refractivity contribution < 1.29 is 8.42 Å². The van der Waals surface area contributed by atoms with Gasteiger partial charge in [0.05, 0.1) is 16.2 Å². The van der Waals surface area contributed by atoms with Crippen molar-refractivity contribution in [2.75, 3.05) is 13.1 Å². The standard InChI is InChI=1S/C26H28N4O3S2/c1-17-12-30(13-18(2)27-17)14-19-8-9-20-11-22(26(31)29-23(20)10-19)24-15-34-25(28-24)16-35(32,33)21-6-4-3-5-7-21/h3-11,15,17-18,27H,12-14,16H2,1-2H3,(H,29,31). The third kappa shape index (κ3) is 5.38. The Balaban J connectivity index is 1.37. The van der Waals surface area contributed by atoms with Gasteiger partial charge in [-0.15, -0.1) is 11.3 Å². The van der Waals surface area contributed by atoms with Gasteiger partial charge in [-0.3, -0.25) is 9.69 Å². The fraction of sp³-hybridized carbons (Fsp3) is 0.308. The van der Waals surface area contributed by atoms with Crippen LogP contribution in [0, 0.1) is 0 Å². The maximum absolute atomic E-state index is 12.9. The molecule has 2 atom stereocenters. The highest BCUT2D eigenvalue weighted by molar-refractivity contribution is 7.90. The van der Waals surface area contributed by atoms with E-state index in [1.54, 1.807) is 35.7 Å². The average Bonchev–Trinajstić information content (AvgIpc) is 3.26. The van der Waals surface area contributed by atoms with Gasteiger partial charge in [-0.1, -0.05) is 30.3 Å². The fourth-order valence-electron chi connectivity index (χ4n) is 4.74.